The highest BCUT2D eigenvalue weighted by Gasteiger charge is 2.49. The molecule has 1 N–H and O–H groups in total. The summed E-state index contributed by atoms with van der Waals surface area (Å²) in [6.45, 7) is 3.61. The molecule has 1 saturated carbocycles. The van der Waals surface area contributed by atoms with E-state index in [0.29, 0.717) is 18.8 Å². The number of fused-ring (bicyclic) bond motifs is 3. The zero-order valence-electron chi connectivity index (χ0n) is 19.1. The Morgan fingerprint density at radius 3 is 2.59 bits per heavy atom. The van der Waals surface area contributed by atoms with E-state index in [1.54, 1.807) is 4.90 Å². The number of ether oxygens (including phenoxy) is 1. The van der Waals surface area contributed by atoms with Crippen LogP contribution in [0.2, 0.25) is 0 Å². The van der Waals surface area contributed by atoms with E-state index < -0.39 is 5.54 Å². The molecule has 1 aromatic heterocycles. The number of carbonyl (C=O) groups is 2. The van der Waals surface area contributed by atoms with Crippen molar-refractivity contribution in [3.8, 4) is 0 Å². The van der Waals surface area contributed by atoms with Crippen LogP contribution in [0.15, 0.2) is 30.3 Å². The summed E-state index contributed by atoms with van der Waals surface area (Å²) in [5.74, 6) is -0.101. The van der Waals surface area contributed by atoms with Crippen LogP contribution >= 0.6 is 0 Å². The van der Waals surface area contributed by atoms with Crippen molar-refractivity contribution in [2.75, 3.05) is 13.2 Å². The quantitative estimate of drug-likeness (QED) is 0.777. The SMILES string of the molecule is C[C@]1(C(=O)NC2CCCCCCC2)Cn2c(cc3ccccc32)C(=O)N1C[C@@H]1CCCO1. The lowest BCUT2D eigenvalue weighted by Gasteiger charge is -2.45. The second-order valence-electron chi connectivity index (χ2n) is 10.0. The molecule has 5 rings (SSSR count). The summed E-state index contributed by atoms with van der Waals surface area (Å²) in [7, 11) is 0. The van der Waals surface area contributed by atoms with E-state index in [4.69, 9.17) is 4.74 Å². The number of carbonyl (C=O) groups excluding carboxylic acids is 2. The summed E-state index contributed by atoms with van der Waals surface area (Å²) in [5, 5.41) is 4.40. The third-order valence-electron chi connectivity index (χ3n) is 7.68. The van der Waals surface area contributed by atoms with Crippen molar-refractivity contribution >= 4 is 22.7 Å². The Bertz CT molecular complexity index is 985. The van der Waals surface area contributed by atoms with Gasteiger partial charge in [-0.1, -0.05) is 50.3 Å². The van der Waals surface area contributed by atoms with Crippen LogP contribution in [0, 0.1) is 0 Å². The monoisotopic (exact) mass is 437 g/mol. The summed E-state index contributed by atoms with van der Waals surface area (Å²) in [4.78, 5) is 29.4. The number of rotatable bonds is 4. The van der Waals surface area contributed by atoms with Gasteiger partial charge < -0.3 is 19.5 Å². The fraction of sp³-hybridized carbons (Fsp3) is 0.615. The maximum absolute atomic E-state index is 13.8. The van der Waals surface area contributed by atoms with Crippen molar-refractivity contribution in [3.05, 3.63) is 36.0 Å². The number of hydrogen-bond donors (Lipinski definition) is 1. The highest BCUT2D eigenvalue weighted by Crippen LogP contribution is 2.34. The molecule has 1 saturated heterocycles. The first kappa shape index (κ1) is 21.5. The van der Waals surface area contributed by atoms with Gasteiger partial charge in [0.2, 0.25) is 5.91 Å². The first-order chi connectivity index (χ1) is 15.6. The van der Waals surface area contributed by atoms with Crippen molar-refractivity contribution < 1.29 is 14.3 Å². The van der Waals surface area contributed by atoms with Crippen molar-refractivity contribution in [1.82, 2.24) is 14.8 Å². The first-order valence-corrected chi connectivity index (χ1v) is 12.4. The maximum Gasteiger partial charge on any atom is 0.271 e. The molecule has 1 aliphatic carbocycles. The van der Waals surface area contributed by atoms with E-state index in [1.807, 2.05) is 41.8 Å². The van der Waals surface area contributed by atoms with Gasteiger partial charge >= 0.3 is 0 Å². The highest BCUT2D eigenvalue weighted by atomic mass is 16.5. The normalized spacial score (nSPS) is 27.2. The molecule has 2 fully saturated rings. The van der Waals surface area contributed by atoms with E-state index in [0.717, 1.165) is 56.0 Å². The second kappa shape index (κ2) is 8.89. The van der Waals surface area contributed by atoms with E-state index in [-0.39, 0.29) is 24.0 Å². The molecule has 6 heteroatoms. The Morgan fingerprint density at radius 2 is 1.84 bits per heavy atom. The number of para-hydroxylation sites is 1. The fourth-order valence-corrected chi connectivity index (χ4v) is 5.73. The average molecular weight is 438 g/mol. The van der Waals surface area contributed by atoms with Crippen LogP contribution in [-0.2, 0) is 16.1 Å². The van der Waals surface area contributed by atoms with Gasteiger partial charge in [-0.05, 0) is 44.7 Å². The number of benzene rings is 1. The first-order valence-electron chi connectivity index (χ1n) is 12.4. The van der Waals surface area contributed by atoms with Gasteiger partial charge in [0, 0.05) is 30.1 Å². The number of nitrogens with one attached hydrogen (secondary N) is 1. The Hall–Kier alpha value is -2.34. The van der Waals surface area contributed by atoms with Crippen LogP contribution in [0.1, 0.15) is 75.2 Å². The third kappa shape index (κ3) is 3.94. The lowest BCUT2D eigenvalue weighted by molar-refractivity contribution is -0.134. The minimum atomic E-state index is -0.944. The lowest BCUT2D eigenvalue weighted by atomic mass is 9.91. The zero-order chi connectivity index (χ0) is 22.1. The number of aromatic nitrogens is 1. The van der Waals surface area contributed by atoms with Crippen LogP contribution in [0.25, 0.3) is 10.9 Å². The predicted molar refractivity (Wildman–Crippen MR) is 125 cm³/mol. The summed E-state index contributed by atoms with van der Waals surface area (Å²) in [6.07, 6.45) is 10.1. The van der Waals surface area contributed by atoms with Gasteiger partial charge in [0.1, 0.15) is 11.2 Å². The molecule has 32 heavy (non-hydrogen) atoms. The van der Waals surface area contributed by atoms with Gasteiger partial charge in [-0.25, -0.2) is 0 Å². The van der Waals surface area contributed by atoms with Crippen molar-refractivity contribution in [1.29, 1.82) is 0 Å². The van der Waals surface area contributed by atoms with Gasteiger partial charge in [0.15, 0.2) is 0 Å². The molecule has 1 aromatic carbocycles. The highest BCUT2D eigenvalue weighted by molar-refractivity contribution is 6.03. The van der Waals surface area contributed by atoms with E-state index in [1.165, 1.54) is 19.3 Å². The molecule has 3 aliphatic rings. The summed E-state index contributed by atoms with van der Waals surface area (Å²) in [6, 6.07) is 10.2. The van der Waals surface area contributed by atoms with Crippen molar-refractivity contribution in [2.24, 2.45) is 0 Å². The second-order valence-corrected chi connectivity index (χ2v) is 10.0. The van der Waals surface area contributed by atoms with Crippen LogP contribution in [0.4, 0.5) is 0 Å². The number of nitrogens with zero attached hydrogens (tertiary/aromatic N) is 2. The molecule has 0 unspecified atom stereocenters. The van der Waals surface area contributed by atoms with Crippen LogP contribution in [-0.4, -0.2) is 52.1 Å². The molecule has 2 atom stereocenters. The summed E-state index contributed by atoms with van der Waals surface area (Å²) < 4.78 is 7.92. The fourth-order valence-electron chi connectivity index (χ4n) is 5.73. The topological polar surface area (TPSA) is 63.6 Å². The standard InChI is InChI=1S/C26H35N3O3/c1-26(25(31)27-20-11-5-3-2-4-6-12-20)18-28-22-14-8-7-10-19(22)16-23(28)24(30)29(26)17-21-13-9-15-32-21/h7-8,10,14,16,20-21H,2-6,9,11-13,15,17-18H2,1H3,(H,27,31)/t21-,26+/m0/s1. The van der Waals surface area contributed by atoms with Crippen molar-refractivity contribution in [3.63, 3.8) is 0 Å². The third-order valence-corrected chi connectivity index (χ3v) is 7.68. The molecule has 172 valence electrons. The van der Waals surface area contributed by atoms with E-state index in [2.05, 4.69) is 5.32 Å². The molecular weight excluding hydrogens is 402 g/mol. The van der Waals surface area contributed by atoms with Gasteiger partial charge in [-0.15, -0.1) is 0 Å². The molecule has 2 amide bonds. The Labute approximate surface area is 190 Å². The molecule has 0 radical (unpaired) electrons. The molecule has 0 spiro atoms. The Kier molecular flexibility index (Phi) is 5.97. The maximum atomic E-state index is 13.8. The minimum Gasteiger partial charge on any atom is -0.376 e. The summed E-state index contributed by atoms with van der Waals surface area (Å²) in [5.41, 5.74) is 0.734. The minimum absolute atomic E-state index is 0.00314. The van der Waals surface area contributed by atoms with Crippen LogP contribution in [0.3, 0.4) is 0 Å². The molecular formula is C26H35N3O3. The van der Waals surface area contributed by atoms with Gasteiger partial charge in [0.25, 0.3) is 5.91 Å². The lowest BCUT2D eigenvalue weighted by Crippen LogP contribution is -2.66. The molecule has 2 aromatic rings. The Morgan fingerprint density at radius 1 is 1.09 bits per heavy atom. The molecule has 0 bridgehead atoms. The summed E-state index contributed by atoms with van der Waals surface area (Å²) >= 11 is 0. The van der Waals surface area contributed by atoms with Gasteiger partial charge in [-0.2, -0.15) is 0 Å². The van der Waals surface area contributed by atoms with E-state index >= 15 is 0 Å². The predicted octanol–water partition coefficient (Wildman–Crippen LogP) is 4.26. The molecule has 6 nitrogen and oxygen atoms in total. The molecule has 3 heterocycles. The van der Waals surface area contributed by atoms with Crippen LogP contribution in [0.5, 0.6) is 0 Å². The zero-order valence-corrected chi connectivity index (χ0v) is 19.1. The van der Waals surface area contributed by atoms with Crippen molar-refractivity contribution in [2.45, 2.75) is 88.9 Å². The molecule has 2 aliphatic heterocycles. The van der Waals surface area contributed by atoms with Gasteiger partial charge in [0.05, 0.1) is 12.6 Å². The number of hydrogen-bond acceptors (Lipinski definition) is 3. The number of amides is 2. The largest absolute Gasteiger partial charge is 0.376 e. The van der Waals surface area contributed by atoms with E-state index in [9.17, 15) is 9.59 Å². The smallest absolute Gasteiger partial charge is 0.271 e. The Balaban J connectivity index is 1.47. The average Bonchev–Trinajstić information content (AvgIpc) is 3.41. The van der Waals surface area contributed by atoms with Gasteiger partial charge in [-0.3, -0.25) is 9.59 Å². The van der Waals surface area contributed by atoms with Crippen LogP contribution < -0.4 is 5.32 Å².